The van der Waals surface area contributed by atoms with Crippen molar-refractivity contribution in [1.82, 2.24) is 15.6 Å². The SMILES string of the molecule is CC1=CNC(=NC2CCCC2)N/C1=C(/C#N)c1cccc(Br)n1. The lowest BCUT2D eigenvalue weighted by Gasteiger charge is -2.22. The highest BCUT2D eigenvalue weighted by molar-refractivity contribution is 9.10. The minimum Gasteiger partial charge on any atom is -0.332 e. The van der Waals surface area contributed by atoms with Crippen LogP contribution in [-0.4, -0.2) is 17.0 Å². The molecule has 2 heterocycles. The number of aliphatic imine (C=N–C) groups is 1. The Bertz CT molecular complexity index is 736. The minimum atomic E-state index is 0.368. The van der Waals surface area contributed by atoms with Crippen molar-refractivity contribution in [1.29, 1.82) is 5.26 Å². The quantitative estimate of drug-likeness (QED) is 0.616. The number of hydrogen-bond acceptors (Lipinski definition) is 3. The van der Waals surface area contributed by atoms with Crippen molar-refractivity contribution in [2.45, 2.75) is 38.6 Å². The molecule has 0 radical (unpaired) electrons. The number of pyridine rings is 1. The Kier molecular flexibility index (Phi) is 4.77. The normalized spacial score (nSPS) is 22.1. The summed E-state index contributed by atoms with van der Waals surface area (Å²) in [6.07, 6.45) is 6.63. The van der Waals surface area contributed by atoms with E-state index in [1.54, 1.807) is 0 Å². The molecule has 0 bridgehead atoms. The second-order valence-corrected chi connectivity index (χ2v) is 6.53. The van der Waals surface area contributed by atoms with Crippen molar-refractivity contribution in [3.63, 3.8) is 0 Å². The third-order valence-electron chi connectivity index (χ3n) is 4.03. The highest BCUT2D eigenvalue weighted by Crippen LogP contribution is 2.24. The molecule has 1 aliphatic heterocycles. The molecule has 6 heteroatoms. The van der Waals surface area contributed by atoms with Gasteiger partial charge < -0.3 is 10.6 Å². The highest BCUT2D eigenvalue weighted by Gasteiger charge is 2.20. The summed E-state index contributed by atoms with van der Waals surface area (Å²) in [6.45, 7) is 1.96. The van der Waals surface area contributed by atoms with E-state index in [1.165, 1.54) is 12.8 Å². The zero-order valence-corrected chi connectivity index (χ0v) is 14.5. The van der Waals surface area contributed by atoms with Gasteiger partial charge in [-0.2, -0.15) is 5.26 Å². The molecule has 1 aliphatic carbocycles. The number of hydrogen-bond donors (Lipinski definition) is 2. The number of nitrogens with zero attached hydrogens (tertiary/aromatic N) is 3. The van der Waals surface area contributed by atoms with E-state index < -0.39 is 0 Å². The summed E-state index contributed by atoms with van der Waals surface area (Å²) in [4.78, 5) is 9.12. The van der Waals surface area contributed by atoms with Gasteiger partial charge in [0.15, 0.2) is 5.96 Å². The number of halogens is 1. The summed E-state index contributed by atoms with van der Waals surface area (Å²) < 4.78 is 0.707. The van der Waals surface area contributed by atoms with E-state index in [4.69, 9.17) is 4.99 Å². The molecule has 3 rings (SSSR count). The summed E-state index contributed by atoms with van der Waals surface area (Å²) in [5.41, 5.74) is 2.86. The molecular weight excluding hydrogens is 354 g/mol. The smallest absolute Gasteiger partial charge is 0.200 e. The van der Waals surface area contributed by atoms with Gasteiger partial charge in [-0.25, -0.2) is 9.98 Å². The van der Waals surface area contributed by atoms with Crippen LogP contribution in [0.15, 0.2) is 45.3 Å². The third kappa shape index (κ3) is 3.62. The maximum Gasteiger partial charge on any atom is 0.200 e. The molecule has 5 nitrogen and oxygen atoms in total. The van der Waals surface area contributed by atoms with Crippen molar-refractivity contribution < 1.29 is 0 Å². The van der Waals surface area contributed by atoms with E-state index in [1.807, 2.05) is 31.3 Å². The van der Waals surface area contributed by atoms with Crippen LogP contribution in [0.5, 0.6) is 0 Å². The molecule has 0 saturated heterocycles. The number of guanidine groups is 1. The average Bonchev–Trinajstić information content (AvgIpc) is 3.04. The van der Waals surface area contributed by atoms with Crippen molar-refractivity contribution in [2.75, 3.05) is 0 Å². The average molecular weight is 372 g/mol. The molecule has 1 aromatic heterocycles. The van der Waals surface area contributed by atoms with Gasteiger partial charge in [0, 0.05) is 6.20 Å². The zero-order valence-electron chi connectivity index (χ0n) is 12.9. The van der Waals surface area contributed by atoms with E-state index in [2.05, 4.69) is 37.6 Å². The molecule has 0 aromatic carbocycles. The topological polar surface area (TPSA) is 73.1 Å². The minimum absolute atomic E-state index is 0.368. The van der Waals surface area contributed by atoms with E-state index in [9.17, 15) is 5.26 Å². The fourth-order valence-electron chi connectivity index (χ4n) is 2.84. The summed E-state index contributed by atoms with van der Waals surface area (Å²) in [7, 11) is 0. The summed E-state index contributed by atoms with van der Waals surface area (Å²) >= 11 is 3.35. The van der Waals surface area contributed by atoms with Crippen LogP contribution in [0.2, 0.25) is 0 Å². The van der Waals surface area contributed by atoms with Gasteiger partial charge in [0.25, 0.3) is 0 Å². The molecular formula is C17H18BrN5. The second-order valence-electron chi connectivity index (χ2n) is 5.72. The number of rotatable bonds is 2. The molecule has 2 N–H and O–H groups in total. The molecule has 0 amide bonds. The Hall–Kier alpha value is -2.13. The molecule has 118 valence electrons. The molecule has 0 atom stereocenters. The van der Waals surface area contributed by atoms with Crippen LogP contribution in [0.1, 0.15) is 38.3 Å². The first-order chi connectivity index (χ1) is 11.2. The number of nitrogens with one attached hydrogen (secondary N) is 2. The van der Waals surface area contributed by atoms with Crippen LogP contribution >= 0.6 is 15.9 Å². The largest absolute Gasteiger partial charge is 0.332 e. The van der Waals surface area contributed by atoms with Crippen LogP contribution in [0.3, 0.4) is 0 Å². The Labute approximate surface area is 144 Å². The van der Waals surface area contributed by atoms with Crippen molar-refractivity contribution in [3.8, 4) is 6.07 Å². The fourth-order valence-corrected chi connectivity index (χ4v) is 3.18. The third-order valence-corrected chi connectivity index (χ3v) is 4.47. The molecule has 1 fully saturated rings. The van der Waals surface area contributed by atoms with E-state index in [-0.39, 0.29) is 0 Å². The van der Waals surface area contributed by atoms with Gasteiger partial charge in [-0.15, -0.1) is 0 Å². The second kappa shape index (κ2) is 6.97. The van der Waals surface area contributed by atoms with E-state index >= 15 is 0 Å². The predicted octanol–water partition coefficient (Wildman–Crippen LogP) is 3.47. The molecule has 1 saturated carbocycles. The van der Waals surface area contributed by atoms with E-state index in [0.717, 1.165) is 24.1 Å². The van der Waals surface area contributed by atoms with Gasteiger partial charge in [0.05, 0.1) is 17.4 Å². The van der Waals surface area contributed by atoms with Crippen molar-refractivity contribution >= 4 is 27.5 Å². The molecule has 1 aromatic rings. The van der Waals surface area contributed by atoms with Gasteiger partial charge in [-0.1, -0.05) is 18.9 Å². The fraction of sp³-hybridized carbons (Fsp3) is 0.353. The lowest BCUT2D eigenvalue weighted by atomic mass is 10.1. The lowest BCUT2D eigenvalue weighted by Crippen LogP contribution is -2.39. The summed E-state index contributed by atoms with van der Waals surface area (Å²) in [5.74, 6) is 0.709. The Morgan fingerprint density at radius 1 is 1.39 bits per heavy atom. The van der Waals surface area contributed by atoms with Crippen LogP contribution in [0, 0.1) is 11.3 Å². The maximum atomic E-state index is 9.62. The Balaban J connectivity index is 1.96. The van der Waals surface area contributed by atoms with Crippen molar-refractivity contribution in [2.24, 2.45) is 4.99 Å². The van der Waals surface area contributed by atoms with E-state index in [0.29, 0.717) is 27.9 Å². The number of nitriles is 1. The maximum absolute atomic E-state index is 9.62. The van der Waals surface area contributed by atoms with Crippen LogP contribution in [-0.2, 0) is 0 Å². The standard InChI is InChI=1S/C17H18BrN5/c1-11-10-20-17(21-12-5-2-3-6-12)23-16(11)13(9-19)14-7-4-8-15(18)22-14/h4,7-8,10,12H,2-3,5-6H2,1H3,(H2,20,21,23)/b16-13-. The first-order valence-corrected chi connectivity index (χ1v) is 8.52. The predicted molar refractivity (Wildman–Crippen MR) is 94.2 cm³/mol. The lowest BCUT2D eigenvalue weighted by molar-refractivity contribution is 0.696. The van der Waals surface area contributed by atoms with Crippen molar-refractivity contribution in [3.05, 3.63) is 46.0 Å². The molecule has 0 unspecified atom stereocenters. The Morgan fingerprint density at radius 3 is 2.87 bits per heavy atom. The molecule has 0 spiro atoms. The number of allylic oxidation sites excluding steroid dienone is 2. The van der Waals surface area contributed by atoms with Crippen LogP contribution < -0.4 is 10.6 Å². The molecule has 2 aliphatic rings. The van der Waals surface area contributed by atoms with Crippen LogP contribution in [0.4, 0.5) is 0 Å². The van der Waals surface area contributed by atoms with Gasteiger partial charge in [-0.05, 0) is 53.4 Å². The Morgan fingerprint density at radius 2 is 2.17 bits per heavy atom. The van der Waals surface area contributed by atoms with Gasteiger partial charge in [0.2, 0.25) is 0 Å². The monoisotopic (exact) mass is 371 g/mol. The zero-order chi connectivity index (χ0) is 16.2. The van der Waals surface area contributed by atoms with Gasteiger partial charge >= 0.3 is 0 Å². The summed E-state index contributed by atoms with van der Waals surface area (Å²) in [5, 5.41) is 16.1. The first-order valence-electron chi connectivity index (χ1n) is 7.73. The van der Waals surface area contributed by atoms with Gasteiger partial charge in [0.1, 0.15) is 16.2 Å². The van der Waals surface area contributed by atoms with Crippen LogP contribution in [0.25, 0.3) is 5.57 Å². The first kappa shape index (κ1) is 15.8. The van der Waals surface area contributed by atoms with Gasteiger partial charge in [-0.3, -0.25) is 0 Å². The molecule has 23 heavy (non-hydrogen) atoms. The highest BCUT2D eigenvalue weighted by atomic mass is 79.9. The summed E-state index contributed by atoms with van der Waals surface area (Å²) in [6, 6.07) is 8.19. The number of aromatic nitrogens is 1.